The molecule has 0 unspecified atom stereocenters. The van der Waals surface area contributed by atoms with E-state index in [0.717, 1.165) is 43.9 Å². The highest BCUT2D eigenvalue weighted by Gasteiger charge is 2.07. The fourth-order valence-corrected chi connectivity index (χ4v) is 2.65. The van der Waals surface area contributed by atoms with Gasteiger partial charge >= 0.3 is 0 Å². The van der Waals surface area contributed by atoms with Gasteiger partial charge in [-0.05, 0) is 37.0 Å². The normalized spacial score (nSPS) is 10.4. The summed E-state index contributed by atoms with van der Waals surface area (Å²) < 4.78 is 0. The van der Waals surface area contributed by atoms with Crippen LogP contribution in [0.4, 0.5) is 11.5 Å². The molecule has 0 bridgehead atoms. The van der Waals surface area contributed by atoms with Crippen molar-refractivity contribution < 1.29 is 4.79 Å². The van der Waals surface area contributed by atoms with E-state index in [-0.39, 0.29) is 5.91 Å². The highest BCUT2D eigenvalue weighted by atomic mass is 16.1. The number of carbonyl (C=O) groups is 1. The van der Waals surface area contributed by atoms with Crippen LogP contribution in [0.15, 0.2) is 48.7 Å². The fourth-order valence-electron chi connectivity index (χ4n) is 2.65. The standard InChI is InChI=1S/C20H27N3O/c1-3-14-23(15-4-2)19-12-11-18(16-21-19)22-20(24)13-10-17-8-6-5-7-9-17/h5-9,11-12,16H,3-4,10,13-15H2,1-2H3,(H,22,24). The molecule has 4 nitrogen and oxygen atoms in total. The van der Waals surface area contributed by atoms with Gasteiger partial charge in [-0.3, -0.25) is 4.79 Å². The molecule has 0 aliphatic heterocycles. The maximum atomic E-state index is 12.1. The van der Waals surface area contributed by atoms with Crippen molar-refractivity contribution in [3.63, 3.8) is 0 Å². The van der Waals surface area contributed by atoms with Crippen molar-refractivity contribution in [3.8, 4) is 0 Å². The number of hydrogen-bond donors (Lipinski definition) is 1. The number of carbonyl (C=O) groups excluding carboxylic acids is 1. The molecule has 0 saturated heterocycles. The van der Waals surface area contributed by atoms with Crippen molar-refractivity contribution >= 4 is 17.4 Å². The minimum absolute atomic E-state index is 0.0207. The SMILES string of the molecule is CCCN(CCC)c1ccc(NC(=O)CCc2ccccc2)cn1. The van der Waals surface area contributed by atoms with Gasteiger partial charge in [-0.2, -0.15) is 0 Å². The first-order valence-corrected chi connectivity index (χ1v) is 8.77. The van der Waals surface area contributed by atoms with Crippen molar-refractivity contribution in [2.24, 2.45) is 0 Å². The molecule has 1 amide bonds. The molecular formula is C20H27N3O. The predicted octanol–water partition coefficient (Wildman–Crippen LogP) is 4.28. The van der Waals surface area contributed by atoms with E-state index in [4.69, 9.17) is 0 Å². The van der Waals surface area contributed by atoms with E-state index >= 15 is 0 Å². The number of nitrogens with one attached hydrogen (secondary N) is 1. The molecule has 1 aromatic carbocycles. The van der Waals surface area contributed by atoms with Gasteiger partial charge in [0, 0.05) is 19.5 Å². The number of nitrogens with zero attached hydrogens (tertiary/aromatic N) is 2. The average Bonchev–Trinajstić information content (AvgIpc) is 2.61. The van der Waals surface area contributed by atoms with Crippen molar-refractivity contribution in [3.05, 3.63) is 54.2 Å². The van der Waals surface area contributed by atoms with Crippen molar-refractivity contribution in [2.45, 2.75) is 39.5 Å². The summed E-state index contributed by atoms with van der Waals surface area (Å²) in [7, 11) is 0. The summed E-state index contributed by atoms with van der Waals surface area (Å²) in [6.07, 6.45) is 5.16. The van der Waals surface area contributed by atoms with Crippen LogP contribution in [0.1, 0.15) is 38.7 Å². The Morgan fingerprint density at radius 2 is 1.75 bits per heavy atom. The average molecular weight is 325 g/mol. The Morgan fingerprint density at radius 1 is 1.04 bits per heavy atom. The summed E-state index contributed by atoms with van der Waals surface area (Å²) in [6.45, 7) is 6.35. The van der Waals surface area contributed by atoms with Gasteiger partial charge < -0.3 is 10.2 Å². The van der Waals surface area contributed by atoms with Crippen molar-refractivity contribution in [2.75, 3.05) is 23.3 Å². The van der Waals surface area contributed by atoms with Gasteiger partial charge in [0.2, 0.25) is 5.91 Å². The lowest BCUT2D eigenvalue weighted by atomic mass is 10.1. The van der Waals surface area contributed by atoms with Gasteiger partial charge in [-0.1, -0.05) is 44.2 Å². The molecule has 0 radical (unpaired) electrons. The molecule has 1 heterocycles. The summed E-state index contributed by atoms with van der Waals surface area (Å²) >= 11 is 0. The number of anilines is 2. The highest BCUT2D eigenvalue weighted by Crippen LogP contribution is 2.15. The first-order chi connectivity index (χ1) is 11.7. The molecule has 4 heteroatoms. The summed E-state index contributed by atoms with van der Waals surface area (Å²) in [5.74, 6) is 0.994. The van der Waals surface area contributed by atoms with E-state index < -0.39 is 0 Å². The zero-order valence-corrected chi connectivity index (χ0v) is 14.7. The fraction of sp³-hybridized carbons (Fsp3) is 0.400. The topological polar surface area (TPSA) is 45.2 Å². The molecule has 0 fully saturated rings. The number of hydrogen-bond acceptors (Lipinski definition) is 3. The predicted molar refractivity (Wildman–Crippen MR) is 100 cm³/mol. The Kier molecular flexibility index (Phi) is 7.27. The molecular weight excluding hydrogens is 298 g/mol. The number of pyridine rings is 1. The number of aromatic nitrogens is 1. The van der Waals surface area contributed by atoms with Crippen molar-refractivity contribution in [1.29, 1.82) is 0 Å². The lowest BCUT2D eigenvalue weighted by Crippen LogP contribution is -2.25. The van der Waals surface area contributed by atoms with Crippen LogP contribution in [0, 0.1) is 0 Å². The van der Waals surface area contributed by atoms with Gasteiger partial charge in [-0.25, -0.2) is 4.98 Å². The number of aryl methyl sites for hydroxylation is 1. The molecule has 2 aromatic rings. The van der Waals surface area contributed by atoms with Gasteiger partial charge in [-0.15, -0.1) is 0 Å². The van der Waals surface area contributed by atoms with Gasteiger partial charge in [0.05, 0.1) is 11.9 Å². The van der Waals surface area contributed by atoms with Crippen LogP contribution in [0.5, 0.6) is 0 Å². The second-order valence-corrected chi connectivity index (χ2v) is 5.93. The minimum Gasteiger partial charge on any atom is -0.357 e. The van der Waals surface area contributed by atoms with Gasteiger partial charge in [0.15, 0.2) is 0 Å². The summed E-state index contributed by atoms with van der Waals surface area (Å²) in [5.41, 5.74) is 1.93. The quantitative estimate of drug-likeness (QED) is 0.748. The Bertz CT molecular complexity index is 605. The smallest absolute Gasteiger partial charge is 0.224 e. The first-order valence-electron chi connectivity index (χ1n) is 8.77. The van der Waals surface area contributed by atoms with E-state index in [1.54, 1.807) is 6.20 Å². The van der Waals surface area contributed by atoms with E-state index in [2.05, 4.69) is 29.0 Å². The second kappa shape index (κ2) is 9.71. The number of amides is 1. The minimum atomic E-state index is 0.0207. The Labute approximate surface area is 144 Å². The molecule has 0 saturated carbocycles. The lowest BCUT2D eigenvalue weighted by molar-refractivity contribution is -0.116. The van der Waals surface area contributed by atoms with Gasteiger partial charge in [0.1, 0.15) is 5.82 Å². The molecule has 0 aliphatic rings. The summed E-state index contributed by atoms with van der Waals surface area (Å²) in [6, 6.07) is 14.0. The Morgan fingerprint density at radius 3 is 2.33 bits per heavy atom. The van der Waals surface area contributed by atoms with E-state index in [9.17, 15) is 4.79 Å². The van der Waals surface area contributed by atoms with E-state index in [1.807, 2.05) is 42.5 Å². The molecule has 0 aliphatic carbocycles. The largest absolute Gasteiger partial charge is 0.357 e. The van der Waals surface area contributed by atoms with Crippen LogP contribution >= 0.6 is 0 Å². The molecule has 24 heavy (non-hydrogen) atoms. The third-order valence-corrected chi connectivity index (χ3v) is 3.83. The molecule has 2 rings (SSSR count). The molecule has 0 atom stereocenters. The second-order valence-electron chi connectivity index (χ2n) is 5.93. The first kappa shape index (κ1) is 18.0. The monoisotopic (exact) mass is 325 g/mol. The maximum absolute atomic E-state index is 12.1. The van der Waals surface area contributed by atoms with Gasteiger partial charge in [0.25, 0.3) is 0 Å². The van der Waals surface area contributed by atoms with Crippen molar-refractivity contribution in [1.82, 2.24) is 4.98 Å². The van der Waals surface area contributed by atoms with Crippen LogP contribution in [-0.2, 0) is 11.2 Å². The zero-order valence-electron chi connectivity index (χ0n) is 14.7. The van der Waals surface area contributed by atoms with Crippen LogP contribution in [0.2, 0.25) is 0 Å². The molecule has 1 aromatic heterocycles. The summed E-state index contributed by atoms with van der Waals surface area (Å²) in [5, 5.41) is 2.92. The van der Waals surface area contributed by atoms with Crippen LogP contribution < -0.4 is 10.2 Å². The highest BCUT2D eigenvalue weighted by molar-refractivity contribution is 5.90. The number of benzene rings is 1. The lowest BCUT2D eigenvalue weighted by Gasteiger charge is -2.22. The molecule has 1 N–H and O–H groups in total. The third-order valence-electron chi connectivity index (χ3n) is 3.83. The Balaban J connectivity index is 1.87. The molecule has 128 valence electrons. The number of rotatable bonds is 9. The third kappa shape index (κ3) is 5.69. The van der Waals surface area contributed by atoms with Crippen LogP contribution in [0.3, 0.4) is 0 Å². The van der Waals surface area contributed by atoms with Crippen LogP contribution in [-0.4, -0.2) is 24.0 Å². The van der Waals surface area contributed by atoms with E-state index in [1.165, 1.54) is 5.56 Å². The van der Waals surface area contributed by atoms with E-state index in [0.29, 0.717) is 6.42 Å². The maximum Gasteiger partial charge on any atom is 0.224 e. The Hall–Kier alpha value is -2.36. The molecule has 0 spiro atoms. The van der Waals surface area contributed by atoms with Crippen LogP contribution in [0.25, 0.3) is 0 Å². The zero-order chi connectivity index (χ0) is 17.2. The summed E-state index contributed by atoms with van der Waals surface area (Å²) in [4.78, 5) is 18.8.